The molecule has 0 aromatic heterocycles. The molecule has 0 aliphatic carbocycles. The molecule has 0 rings (SSSR count). The molecule has 5 heteroatoms. The van der Waals surface area contributed by atoms with Crippen LogP contribution < -0.4 is 0 Å². The van der Waals surface area contributed by atoms with Crippen LogP contribution in [0.1, 0.15) is 67.7 Å². The second-order valence-corrected chi connectivity index (χ2v) is 9.13. The van der Waals surface area contributed by atoms with Crippen molar-refractivity contribution in [2.75, 3.05) is 6.67 Å². The molecule has 0 aromatic carbocycles. The summed E-state index contributed by atoms with van der Waals surface area (Å²) in [6.45, 7) is 13.9. The summed E-state index contributed by atoms with van der Waals surface area (Å²) in [4.78, 5) is 0. The molecular formula is C15H33FO3Si. The maximum Gasteiger partial charge on any atom is 0.501 e. The Morgan fingerprint density at radius 3 is 1.85 bits per heavy atom. The fourth-order valence-electron chi connectivity index (χ4n) is 2.15. The van der Waals surface area contributed by atoms with E-state index in [1.165, 1.54) is 0 Å². The molecule has 0 bridgehead atoms. The lowest BCUT2D eigenvalue weighted by molar-refractivity contribution is -0.0403. The van der Waals surface area contributed by atoms with Crippen LogP contribution in [0, 0.1) is 0 Å². The van der Waals surface area contributed by atoms with Crippen molar-refractivity contribution in [1.29, 1.82) is 0 Å². The average Bonchev–Trinajstić information content (AvgIpc) is 2.26. The molecule has 0 radical (unpaired) electrons. The zero-order valence-electron chi connectivity index (χ0n) is 14.3. The lowest BCUT2D eigenvalue weighted by atomic mass is 10.0. The van der Waals surface area contributed by atoms with E-state index in [-0.39, 0.29) is 24.5 Å². The molecule has 0 unspecified atom stereocenters. The first kappa shape index (κ1) is 20.0. The number of hydrogen-bond acceptors (Lipinski definition) is 3. The van der Waals surface area contributed by atoms with E-state index in [0.29, 0.717) is 6.42 Å². The van der Waals surface area contributed by atoms with Crippen LogP contribution in [0.4, 0.5) is 4.39 Å². The van der Waals surface area contributed by atoms with Gasteiger partial charge in [-0.05, 0) is 60.8 Å². The Morgan fingerprint density at radius 2 is 1.50 bits per heavy atom. The summed E-state index contributed by atoms with van der Waals surface area (Å²) in [7, 11) is -2.68. The summed E-state index contributed by atoms with van der Waals surface area (Å²) in [5.41, 5.74) is -0.346. The number of hydrogen-bond donors (Lipinski definition) is 0. The molecular weight excluding hydrogens is 275 g/mol. The third-order valence-electron chi connectivity index (χ3n) is 2.86. The molecule has 0 saturated heterocycles. The van der Waals surface area contributed by atoms with Gasteiger partial charge in [-0.25, -0.2) is 0 Å². The third kappa shape index (κ3) is 8.34. The lowest BCUT2D eigenvalue weighted by Gasteiger charge is -2.39. The smallest absolute Gasteiger partial charge is 0.371 e. The SMILES string of the molecule is CC[Si](OC(C)C)(OC(C)C)OC(C)(C)CCCCF. The highest BCUT2D eigenvalue weighted by molar-refractivity contribution is 6.60. The summed E-state index contributed by atoms with van der Waals surface area (Å²) in [6.07, 6.45) is 2.36. The van der Waals surface area contributed by atoms with Crippen molar-refractivity contribution in [3.8, 4) is 0 Å². The van der Waals surface area contributed by atoms with Gasteiger partial charge >= 0.3 is 8.80 Å². The van der Waals surface area contributed by atoms with Crippen LogP contribution in [0.5, 0.6) is 0 Å². The molecule has 0 spiro atoms. The minimum Gasteiger partial charge on any atom is -0.371 e. The van der Waals surface area contributed by atoms with Gasteiger partial charge in [-0.3, -0.25) is 4.39 Å². The molecule has 20 heavy (non-hydrogen) atoms. The first-order chi connectivity index (χ1) is 9.16. The second kappa shape index (κ2) is 9.13. The summed E-state index contributed by atoms with van der Waals surface area (Å²) in [5.74, 6) is 0. The van der Waals surface area contributed by atoms with E-state index in [1.807, 2.05) is 41.5 Å². The molecule has 122 valence electrons. The van der Waals surface area contributed by atoms with E-state index >= 15 is 0 Å². The monoisotopic (exact) mass is 308 g/mol. The molecule has 3 nitrogen and oxygen atoms in total. The molecule has 0 aromatic rings. The average molecular weight is 309 g/mol. The minimum atomic E-state index is -2.68. The maximum atomic E-state index is 12.2. The van der Waals surface area contributed by atoms with Crippen molar-refractivity contribution in [1.82, 2.24) is 0 Å². The predicted molar refractivity (Wildman–Crippen MR) is 83.7 cm³/mol. The molecule has 0 aliphatic rings. The zero-order valence-corrected chi connectivity index (χ0v) is 15.3. The molecule has 0 amide bonds. The Balaban J connectivity index is 4.83. The third-order valence-corrected chi connectivity index (χ3v) is 6.25. The van der Waals surface area contributed by atoms with Gasteiger partial charge in [0, 0.05) is 18.3 Å². The Morgan fingerprint density at radius 1 is 1.00 bits per heavy atom. The van der Waals surface area contributed by atoms with Crippen LogP contribution in [0.25, 0.3) is 0 Å². The van der Waals surface area contributed by atoms with E-state index < -0.39 is 8.80 Å². The quantitative estimate of drug-likeness (QED) is 0.408. The summed E-state index contributed by atoms with van der Waals surface area (Å²) in [5, 5.41) is 0. The predicted octanol–water partition coefficient (Wildman–Crippen LogP) is 4.73. The van der Waals surface area contributed by atoms with Crippen LogP contribution in [-0.4, -0.2) is 33.3 Å². The fourth-order valence-corrected chi connectivity index (χ4v) is 5.16. The number of alkyl halides is 1. The van der Waals surface area contributed by atoms with Gasteiger partial charge in [0.1, 0.15) is 0 Å². The highest BCUT2D eigenvalue weighted by Crippen LogP contribution is 2.29. The molecule has 0 N–H and O–H groups in total. The Labute approximate surface area is 125 Å². The van der Waals surface area contributed by atoms with E-state index in [2.05, 4.69) is 6.92 Å². The number of rotatable bonds is 11. The van der Waals surface area contributed by atoms with Crippen molar-refractivity contribution in [3.63, 3.8) is 0 Å². The summed E-state index contributed by atoms with van der Waals surface area (Å²) < 4.78 is 30.7. The van der Waals surface area contributed by atoms with E-state index in [0.717, 1.165) is 18.9 Å². The van der Waals surface area contributed by atoms with Crippen molar-refractivity contribution in [2.24, 2.45) is 0 Å². The molecule has 0 atom stereocenters. The van der Waals surface area contributed by atoms with Crippen molar-refractivity contribution >= 4 is 8.80 Å². The van der Waals surface area contributed by atoms with E-state index in [4.69, 9.17) is 13.3 Å². The second-order valence-electron chi connectivity index (χ2n) is 6.38. The normalized spacial score (nSPS) is 13.5. The van der Waals surface area contributed by atoms with Crippen molar-refractivity contribution in [3.05, 3.63) is 0 Å². The van der Waals surface area contributed by atoms with Crippen LogP contribution >= 0.6 is 0 Å². The van der Waals surface area contributed by atoms with E-state index in [1.54, 1.807) is 0 Å². The Hall–Kier alpha value is 0.0269. The van der Waals surface area contributed by atoms with Crippen LogP contribution in [-0.2, 0) is 13.3 Å². The van der Waals surface area contributed by atoms with Crippen molar-refractivity contribution in [2.45, 2.75) is 91.6 Å². The Bertz CT molecular complexity index is 248. The summed E-state index contributed by atoms with van der Waals surface area (Å²) >= 11 is 0. The lowest BCUT2D eigenvalue weighted by Crippen LogP contribution is -2.53. The zero-order chi connectivity index (χ0) is 15.8. The Kier molecular flexibility index (Phi) is 9.14. The topological polar surface area (TPSA) is 27.7 Å². The van der Waals surface area contributed by atoms with Gasteiger partial charge in [0.05, 0.1) is 12.3 Å². The van der Waals surface area contributed by atoms with Crippen molar-refractivity contribution < 1.29 is 17.7 Å². The maximum absolute atomic E-state index is 12.2. The molecule has 0 heterocycles. The fraction of sp³-hybridized carbons (Fsp3) is 1.00. The molecule has 0 fully saturated rings. The molecule has 0 saturated carbocycles. The van der Waals surface area contributed by atoms with Crippen LogP contribution in [0.15, 0.2) is 0 Å². The van der Waals surface area contributed by atoms with Gasteiger partial charge in [-0.15, -0.1) is 0 Å². The largest absolute Gasteiger partial charge is 0.501 e. The highest BCUT2D eigenvalue weighted by atomic mass is 28.4. The van der Waals surface area contributed by atoms with Gasteiger partial charge in [0.25, 0.3) is 0 Å². The summed E-state index contributed by atoms with van der Waals surface area (Å²) in [6, 6.07) is 0.746. The number of halogens is 1. The van der Waals surface area contributed by atoms with Gasteiger partial charge < -0.3 is 13.3 Å². The highest BCUT2D eigenvalue weighted by Gasteiger charge is 2.45. The van der Waals surface area contributed by atoms with Gasteiger partial charge in [-0.1, -0.05) is 6.92 Å². The number of unbranched alkanes of at least 4 members (excludes halogenated alkanes) is 1. The minimum absolute atomic E-state index is 0.0713. The van der Waals surface area contributed by atoms with Crippen LogP contribution in [0.3, 0.4) is 0 Å². The standard InChI is InChI=1S/C15H33FO3Si/c1-8-20(17-13(2)3,18-14(4)5)19-15(6,7)11-9-10-12-16/h13-14H,8-12H2,1-7H3. The van der Waals surface area contributed by atoms with Crippen LogP contribution in [0.2, 0.25) is 6.04 Å². The first-order valence-electron chi connectivity index (χ1n) is 7.78. The van der Waals surface area contributed by atoms with Gasteiger partial charge in [-0.2, -0.15) is 0 Å². The van der Waals surface area contributed by atoms with Gasteiger partial charge in [0.2, 0.25) is 0 Å². The molecule has 0 aliphatic heterocycles. The van der Waals surface area contributed by atoms with E-state index in [9.17, 15) is 4.39 Å². The van der Waals surface area contributed by atoms with Gasteiger partial charge in [0.15, 0.2) is 0 Å². The first-order valence-corrected chi connectivity index (χ1v) is 9.71.